The molecule has 0 aromatic heterocycles. The van der Waals surface area contributed by atoms with E-state index in [-0.39, 0.29) is 0 Å². The minimum absolute atomic E-state index is 0.756. The van der Waals surface area contributed by atoms with Crippen molar-refractivity contribution in [3.8, 4) is 0 Å². The van der Waals surface area contributed by atoms with Crippen molar-refractivity contribution in [3.63, 3.8) is 0 Å². The third-order valence-electron chi connectivity index (χ3n) is 2.69. The molecule has 1 aliphatic heterocycles. The largest absolute Gasteiger partial charge is 0.317 e. The van der Waals surface area contributed by atoms with Gasteiger partial charge in [0, 0.05) is 12.6 Å². The van der Waals surface area contributed by atoms with Gasteiger partial charge in [-0.3, -0.25) is 4.90 Å². The molecule has 2 heteroatoms. The molecular weight excluding hydrogens is 160 g/mol. The standard InChI is InChI=1S/C11H22N2/c1-10(2)9-13(3)11-5-4-7-12-8-6-11/h11-12H,1,4-9H2,2-3H3. The van der Waals surface area contributed by atoms with Gasteiger partial charge in [-0.05, 0) is 46.3 Å². The van der Waals surface area contributed by atoms with E-state index < -0.39 is 0 Å². The van der Waals surface area contributed by atoms with Crippen LogP contribution in [0.2, 0.25) is 0 Å². The number of hydrogen-bond acceptors (Lipinski definition) is 2. The zero-order valence-electron chi connectivity index (χ0n) is 8.97. The predicted octanol–water partition coefficient (Wildman–Crippen LogP) is 1.64. The van der Waals surface area contributed by atoms with E-state index in [1.165, 1.54) is 37.9 Å². The lowest BCUT2D eigenvalue weighted by atomic mass is 10.1. The second kappa shape index (κ2) is 5.40. The summed E-state index contributed by atoms with van der Waals surface area (Å²) in [7, 11) is 2.21. The first-order valence-electron chi connectivity index (χ1n) is 5.25. The molecule has 0 amide bonds. The summed E-state index contributed by atoms with van der Waals surface area (Å²) in [5, 5.41) is 3.44. The molecule has 0 aromatic carbocycles. The van der Waals surface area contributed by atoms with Crippen LogP contribution in [0.3, 0.4) is 0 Å². The third-order valence-corrected chi connectivity index (χ3v) is 2.69. The summed E-state index contributed by atoms with van der Waals surface area (Å²) in [4.78, 5) is 2.44. The molecule has 0 aromatic rings. The van der Waals surface area contributed by atoms with Crippen LogP contribution in [-0.2, 0) is 0 Å². The van der Waals surface area contributed by atoms with Gasteiger partial charge in [-0.1, -0.05) is 12.2 Å². The minimum Gasteiger partial charge on any atom is -0.317 e. The average Bonchev–Trinajstić information content (AvgIpc) is 2.29. The molecule has 1 fully saturated rings. The molecule has 1 saturated heterocycles. The Morgan fingerprint density at radius 1 is 1.46 bits per heavy atom. The second-order valence-electron chi connectivity index (χ2n) is 4.21. The Morgan fingerprint density at radius 3 is 2.92 bits per heavy atom. The van der Waals surface area contributed by atoms with Crippen molar-refractivity contribution in [1.29, 1.82) is 0 Å². The Labute approximate surface area is 82.0 Å². The van der Waals surface area contributed by atoms with E-state index in [0.717, 1.165) is 12.6 Å². The van der Waals surface area contributed by atoms with Crippen molar-refractivity contribution in [2.24, 2.45) is 0 Å². The number of nitrogens with one attached hydrogen (secondary N) is 1. The predicted molar refractivity (Wildman–Crippen MR) is 58.0 cm³/mol. The van der Waals surface area contributed by atoms with Gasteiger partial charge in [-0.15, -0.1) is 0 Å². The highest BCUT2D eigenvalue weighted by atomic mass is 15.1. The molecule has 2 nitrogen and oxygen atoms in total. The van der Waals surface area contributed by atoms with Gasteiger partial charge in [0.05, 0.1) is 0 Å². The molecule has 1 unspecified atom stereocenters. The van der Waals surface area contributed by atoms with E-state index in [4.69, 9.17) is 0 Å². The zero-order chi connectivity index (χ0) is 9.68. The molecule has 1 N–H and O–H groups in total. The SMILES string of the molecule is C=C(C)CN(C)C1CCCNCC1. The summed E-state index contributed by atoms with van der Waals surface area (Å²) >= 11 is 0. The summed E-state index contributed by atoms with van der Waals surface area (Å²) < 4.78 is 0. The molecule has 0 aliphatic carbocycles. The maximum Gasteiger partial charge on any atom is 0.0187 e. The highest BCUT2D eigenvalue weighted by Gasteiger charge is 2.15. The van der Waals surface area contributed by atoms with Gasteiger partial charge in [-0.2, -0.15) is 0 Å². The van der Waals surface area contributed by atoms with E-state index in [1.54, 1.807) is 0 Å². The van der Waals surface area contributed by atoms with E-state index in [0.29, 0.717) is 0 Å². The molecule has 1 heterocycles. The van der Waals surface area contributed by atoms with Crippen LogP contribution >= 0.6 is 0 Å². The van der Waals surface area contributed by atoms with Crippen LogP contribution in [0.15, 0.2) is 12.2 Å². The van der Waals surface area contributed by atoms with E-state index in [1.807, 2.05) is 0 Å². The fraction of sp³-hybridized carbons (Fsp3) is 0.818. The van der Waals surface area contributed by atoms with Gasteiger partial charge in [0.1, 0.15) is 0 Å². The smallest absolute Gasteiger partial charge is 0.0187 e. The van der Waals surface area contributed by atoms with Crippen LogP contribution in [0.1, 0.15) is 26.2 Å². The summed E-state index contributed by atoms with van der Waals surface area (Å²) in [6.45, 7) is 9.47. The van der Waals surface area contributed by atoms with Crippen LogP contribution < -0.4 is 5.32 Å². The average molecular weight is 182 g/mol. The first kappa shape index (κ1) is 10.7. The van der Waals surface area contributed by atoms with Crippen LogP contribution in [0.5, 0.6) is 0 Å². The first-order chi connectivity index (χ1) is 6.20. The molecule has 0 spiro atoms. The highest BCUT2D eigenvalue weighted by Crippen LogP contribution is 2.12. The Balaban J connectivity index is 2.34. The monoisotopic (exact) mass is 182 g/mol. The number of nitrogens with zero attached hydrogens (tertiary/aromatic N) is 1. The topological polar surface area (TPSA) is 15.3 Å². The van der Waals surface area contributed by atoms with Gasteiger partial charge < -0.3 is 5.32 Å². The molecule has 1 atom stereocenters. The van der Waals surface area contributed by atoms with Crippen LogP contribution in [-0.4, -0.2) is 37.6 Å². The summed E-state index contributed by atoms with van der Waals surface area (Å²) in [6, 6.07) is 0.756. The molecule has 1 rings (SSSR count). The Bertz CT molecular complexity index is 157. The third kappa shape index (κ3) is 3.92. The fourth-order valence-electron chi connectivity index (χ4n) is 2.00. The molecule has 0 saturated carbocycles. The summed E-state index contributed by atoms with van der Waals surface area (Å²) in [5.41, 5.74) is 1.26. The van der Waals surface area contributed by atoms with Gasteiger partial charge in [0.2, 0.25) is 0 Å². The maximum absolute atomic E-state index is 3.96. The molecule has 0 radical (unpaired) electrons. The molecular formula is C11H22N2. The molecule has 13 heavy (non-hydrogen) atoms. The van der Waals surface area contributed by atoms with Crippen LogP contribution in [0.4, 0.5) is 0 Å². The fourth-order valence-corrected chi connectivity index (χ4v) is 2.00. The Kier molecular flexibility index (Phi) is 4.46. The van der Waals surface area contributed by atoms with Crippen molar-refractivity contribution in [3.05, 3.63) is 12.2 Å². The van der Waals surface area contributed by atoms with E-state index >= 15 is 0 Å². The molecule has 76 valence electrons. The Hall–Kier alpha value is -0.340. The molecule has 1 aliphatic rings. The van der Waals surface area contributed by atoms with Crippen molar-refractivity contribution < 1.29 is 0 Å². The normalized spacial score (nSPS) is 24.4. The van der Waals surface area contributed by atoms with Crippen molar-refractivity contribution >= 4 is 0 Å². The highest BCUT2D eigenvalue weighted by molar-refractivity contribution is 4.92. The number of likely N-dealkylation sites (N-methyl/N-ethyl adjacent to an activating group) is 1. The van der Waals surface area contributed by atoms with Gasteiger partial charge in [0.25, 0.3) is 0 Å². The summed E-state index contributed by atoms with van der Waals surface area (Å²) in [5.74, 6) is 0. The Morgan fingerprint density at radius 2 is 2.23 bits per heavy atom. The van der Waals surface area contributed by atoms with Crippen molar-refractivity contribution in [2.75, 3.05) is 26.7 Å². The lowest BCUT2D eigenvalue weighted by molar-refractivity contribution is 0.242. The quantitative estimate of drug-likeness (QED) is 0.667. The minimum atomic E-state index is 0.756. The van der Waals surface area contributed by atoms with Gasteiger partial charge in [-0.25, -0.2) is 0 Å². The van der Waals surface area contributed by atoms with Gasteiger partial charge >= 0.3 is 0 Å². The van der Waals surface area contributed by atoms with Crippen molar-refractivity contribution in [2.45, 2.75) is 32.2 Å². The molecule has 0 bridgehead atoms. The van der Waals surface area contributed by atoms with Crippen LogP contribution in [0, 0.1) is 0 Å². The van der Waals surface area contributed by atoms with Crippen molar-refractivity contribution in [1.82, 2.24) is 10.2 Å². The summed E-state index contributed by atoms with van der Waals surface area (Å²) in [6.07, 6.45) is 3.92. The number of hydrogen-bond donors (Lipinski definition) is 1. The van der Waals surface area contributed by atoms with E-state index in [2.05, 4.69) is 30.8 Å². The number of rotatable bonds is 3. The lowest BCUT2D eigenvalue weighted by Gasteiger charge is -2.26. The van der Waals surface area contributed by atoms with Crippen LogP contribution in [0.25, 0.3) is 0 Å². The second-order valence-corrected chi connectivity index (χ2v) is 4.21. The van der Waals surface area contributed by atoms with Gasteiger partial charge in [0.15, 0.2) is 0 Å². The lowest BCUT2D eigenvalue weighted by Crippen LogP contribution is -2.33. The van der Waals surface area contributed by atoms with E-state index in [9.17, 15) is 0 Å². The zero-order valence-corrected chi connectivity index (χ0v) is 8.97. The maximum atomic E-state index is 3.96. The first-order valence-corrected chi connectivity index (χ1v) is 5.25.